The van der Waals surface area contributed by atoms with E-state index in [4.69, 9.17) is 33.7 Å². The van der Waals surface area contributed by atoms with Crippen molar-refractivity contribution in [2.75, 3.05) is 19.8 Å². The summed E-state index contributed by atoms with van der Waals surface area (Å²) < 4.78 is 7.39. The first-order valence-electron chi connectivity index (χ1n) is 11.5. The Hall–Kier alpha value is -2.24. The number of benzene rings is 1. The number of hydrogen-bond acceptors (Lipinski definition) is 5. The van der Waals surface area contributed by atoms with Crippen LogP contribution in [0.15, 0.2) is 24.3 Å². The number of carbonyl (C=O) groups is 1. The minimum absolute atomic E-state index is 0.116. The predicted octanol–water partition coefficient (Wildman–Crippen LogP) is 3.89. The Morgan fingerprint density at radius 2 is 1.94 bits per heavy atom. The first-order valence-corrected chi connectivity index (χ1v) is 12.3. The van der Waals surface area contributed by atoms with E-state index in [1.54, 1.807) is 28.8 Å². The fourth-order valence-corrected chi connectivity index (χ4v) is 4.09. The summed E-state index contributed by atoms with van der Waals surface area (Å²) >= 11 is 12.3. The topological polar surface area (TPSA) is 102 Å². The number of nitrogens with two attached hydrogens (primary N) is 1. The van der Waals surface area contributed by atoms with E-state index < -0.39 is 5.41 Å². The number of nitrogens with one attached hydrogen (secondary N) is 1. The molecule has 0 aliphatic heterocycles. The van der Waals surface area contributed by atoms with Gasteiger partial charge < -0.3 is 25.5 Å². The molecule has 1 heterocycles. The molecule has 2 aromatic rings. The fourth-order valence-electron chi connectivity index (χ4n) is 3.71. The molecule has 1 aliphatic rings. The van der Waals surface area contributed by atoms with Crippen molar-refractivity contribution in [1.82, 2.24) is 14.9 Å². The van der Waals surface area contributed by atoms with Crippen LogP contribution in [0.2, 0.25) is 10.3 Å². The molecule has 1 aliphatic carbocycles. The Morgan fingerprint density at radius 3 is 2.59 bits per heavy atom. The van der Waals surface area contributed by atoms with E-state index in [0.717, 1.165) is 25.7 Å². The SMILES string of the molecule is CC(C)(C#Cc1nc(Cl)n(CCOc2ccc(Cl)cc2)c1C(=O)NCC1CCC(N)CC1)CO. The number of hydrogen-bond donors (Lipinski definition) is 3. The molecular formula is C25H32Cl2N4O3. The smallest absolute Gasteiger partial charge is 0.270 e. The molecule has 0 radical (unpaired) electrons. The van der Waals surface area contributed by atoms with E-state index in [-0.39, 0.29) is 36.1 Å². The van der Waals surface area contributed by atoms with Crippen molar-refractivity contribution in [2.24, 2.45) is 17.1 Å². The fraction of sp³-hybridized carbons (Fsp3) is 0.520. The summed E-state index contributed by atoms with van der Waals surface area (Å²) in [5.41, 5.74) is 5.93. The normalized spacial score (nSPS) is 18.2. The first-order chi connectivity index (χ1) is 16.2. The largest absolute Gasteiger partial charge is 0.492 e. The third-order valence-electron chi connectivity index (χ3n) is 5.89. The van der Waals surface area contributed by atoms with Gasteiger partial charge in [0, 0.05) is 23.0 Å². The lowest BCUT2D eigenvalue weighted by atomic mass is 9.86. The lowest BCUT2D eigenvalue weighted by Crippen LogP contribution is -2.35. The highest BCUT2D eigenvalue weighted by Crippen LogP contribution is 2.23. The third kappa shape index (κ3) is 7.38. The van der Waals surface area contributed by atoms with Crippen molar-refractivity contribution in [1.29, 1.82) is 0 Å². The number of ether oxygens (including phenoxy) is 1. The number of aromatic nitrogens is 2. The number of imidazole rings is 1. The maximum Gasteiger partial charge on any atom is 0.270 e. The van der Waals surface area contributed by atoms with Crippen LogP contribution in [0.4, 0.5) is 0 Å². The molecule has 184 valence electrons. The molecule has 0 spiro atoms. The van der Waals surface area contributed by atoms with Crippen LogP contribution in [0.3, 0.4) is 0 Å². The lowest BCUT2D eigenvalue weighted by Gasteiger charge is -2.26. The van der Waals surface area contributed by atoms with Gasteiger partial charge in [0.2, 0.25) is 5.28 Å². The molecule has 1 amide bonds. The van der Waals surface area contributed by atoms with Crippen molar-refractivity contribution >= 4 is 29.1 Å². The molecule has 1 saturated carbocycles. The summed E-state index contributed by atoms with van der Waals surface area (Å²) in [7, 11) is 0. The zero-order chi connectivity index (χ0) is 24.7. The highest BCUT2D eigenvalue weighted by molar-refractivity contribution is 6.30. The lowest BCUT2D eigenvalue weighted by molar-refractivity contribution is 0.0932. The second-order valence-electron chi connectivity index (χ2n) is 9.31. The highest BCUT2D eigenvalue weighted by atomic mass is 35.5. The Morgan fingerprint density at radius 1 is 1.26 bits per heavy atom. The van der Waals surface area contributed by atoms with Gasteiger partial charge in [-0.1, -0.05) is 17.5 Å². The van der Waals surface area contributed by atoms with Gasteiger partial charge in [-0.25, -0.2) is 4.98 Å². The van der Waals surface area contributed by atoms with Gasteiger partial charge >= 0.3 is 0 Å². The van der Waals surface area contributed by atoms with Gasteiger partial charge in [0.15, 0.2) is 0 Å². The number of aliphatic hydroxyl groups is 1. The predicted molar refractivity (Wildman–Crippen MR) is 134 cm³/mol. The summed E-state index contributed by atoms with van der Waals surface area (Å²) in [5.74, 6) is 6.70. The zero-order valence-electron chi connectivity index (χ0n) is 19.6. The average molecular weight is 507 g/mol. The molecule has 7 nitrogen and oxygen atoms in total. The molecule has 3 rings (SSSR count). The van der Waals surface area contributed by atoms with Gasteiger partial charge in [-0.2, -0.15) is 0 Å². The van der Waals surface area contributed by atoms with Gasteiger partial charge in [0.25, 0.3) is 5.91 Å². The van der Waals surface area contributed by atoms with E-state index in [2.05, 4.69) is 22.1 Å². The second-order valence-corrected chi connectivity index (χ2v) is 10.1. The van der Waals surface area contributed by atoms with Crippen LogP contribution in [0.1, 0.15) is 55.7 Å². The van der Waals surface area contributed by atoms with Gasteiger partial charge in [-0.15, -0.1) is 0 Å². The van der Waals surface area contributed by atoms with Crippen molar-refractivity contribution in [3.8, 4) is 17.6 Å². The van der Waals surface area contributed by atoms with E-state index in [1.807, 2.05) is 13.8 Å². The zero-order valence-corrected chi connectivity index (χ0v) is 21.1. The van der Waals surface area contributed by atoms with Gasteiger partial charge in [-0.3, -0.25) is 4.79 Å². The van der Waals surface area contributed by atoms with Crippen LogP contribution in [0.25, 0.3) is 0 Å². The molecule has 9 heteroatoms. The molecule has 34 heavy (non-hydrogen) atoms. The minimum Gasteiger partial charge on any atom is -0.492 e. The quantitative estimate of drug-likeness (QED) is 0.471. The van der Waals surface area contributed by atoms with E-state index in [9.17, 15) is 9.90 Å². The van der Waals surface area contributed by atoms with Crippen LogP contribution >= 0.6 is 23.2 Å². The minimum atomic E-state index is -0.636. The molecular weight excluding hydrogens is 475 g/mol. The van der Waals surface area contributed by atoms with Crippen molar-refractivity contribution in [2.45, 2.75) is 52.1 Å². The maximum atomic E-state index is 13.2. The summed E-state index contributed by atoms with van der Waals surface area (Å²) in [6.45, 7) is 4.64. The van der Waals surface area contributed by atoms with Crippen LogP contribution in [-0.2, 0) is 6.54 Å². The summed E-state index contributed by atoms with van der Waals surface area (Å²) in [6, 6.07) is 7.29. The summed E-state index contributed by atoms with van der Waals surface area (Å²) in [4.78, 5) is 17.6. The van der Waals surface area contributed by atoms with Crippen LogP contribution in [0, 0.1) is 23.2 Å². The van der Waals surface area contributed by atoms with E-state index in [0.29, 0.717) is 35.5 Å². The number of nitrogens with zero attached hydrogens (tertiary/aromatic N) is 2. The molecule has 1 aromatic carbocycles. The number of halogens is 2. The number of aliphatic hydroxyl groups excluding tert-OH is 1. The molecule has 1 aromatic heterocycles. The Balaban J connectivity index is 1.77. The van der Waals surface area contributed by atoms with Crippen LogP contribution in [-0.4, -0.2) is 46.4 Å². The van der Waals surface area contributed by atoms with Crippen LogP contribution in [0.5, 0.6) is 5.75 Å². The number of carbonyl (C=O) groups excluding carboxylic acids is 1. The highest BCUT2D eigenvalue weighted by Gasteiger charge is 2.24. The molecule has 1 fully saturated rings. The molecule has 0 saturated heterocycles. The van der Waals surface area contributed by atoms with Gasteiger partial charge in [0.1, 0.15) is 23.7 Å². The molecule has 4 N–H and O–H groups in total. The molecule has 0 atom stereocenters. The van der Waals surface area contributed by atoms with Gasteiger partial charge in [0.05, 0.1) is 13.2 Å². The number of amides is 1. The monoisotopic (exact) mass is 506 g/mol. The first kappa shape index (κ1) is 26.4. The standard InChI is InChI=1S/C25H32Cl2N4O3/c1-25(2,16-32)12-11-21-22(23(33)29-15-17-3-7-19(28)8-4-17)31(24(27)30-21)13-14-34-20-9-5-18(26)6-10-20/h5-6,9-10,17,19,32H,3-4,7-8,13-16,28H2,1-2H3,(H,29,33). The third-order valence-corrected chi connectivity index (χ3v) is 6.43. The molecule has 0 unspecified atom stereocenters. The Bertz CT molecular complexity index is 1030. The Kier molecular flexibility index (Phi) is 9.26. The maximum absolute atomic E-state index is 13.2. The Labute approximate surface area is 211 Å². The van der Waals surface area contributed by atoms with Crippen molar-refractivity contribution < 1.29 is 14.6 Å². The van der Waals surface area contributed by atoms with Crippen LogP contribution < -0.4 is 15.8 Å². The summed E-state index contributed by atoms with van der Waals surface area (Å²) in [5, 5.41) is 13.3. The average Bonchev–Trinajstić information content (AvgIpc) is 3.14. The second kappa shape index (κ2) is 11.9. The van der Waals surface area contributed by atoms with E-state index in [1.165, 1.54) is 0 Å². The summed E-state index contributed by atoms with van der Waals surface area (Å²) in [6.07, 6.45) is 3.93. The van der Waals surface area contributed by atoms with Crippen molar-refractivity contribution in [3.05, 3.63) is 46.0 Å². The molecule has 0 bridgehead atoms. The van der Waals surface area contributed by atoms with E-state index >= 15 is 0 Å². The van der Waals surface area contributed by atoms with Gasteiger partial charge in [-0.05, 0) is 87.2 Å². The van der Waals surface area contributed by atoms with Crippen molar-refractivity contribution in [3.63, 3.8) is 0 Å². The number of rotatable bonds is 8.